The SMILES string of the molecule is Cc1cc(C(=O)CSc2ccc(S(=O)(=O)N3CCOCC3)cn2)c(C)n1-c1ccccc1F. The van der Waals surface area contributed by atoms with E-state index in [0.29, 0.717) is 48.3 Å². The third-order valence-electron chi connectivity index (χ3n) is 5.49. The largest absolute Gasteiger partial charge is 0.379 e. The van der Waals surface area contributed by atoms with Gasteiger partial charge >= 0.3 is 0 Å². The van der Waals surface area contributed by atoms with E-state index in [4.69, 9.17) is 4.74 Å². The number of aromatic nitrogens is 2. The van der Waals surface area contributed by atoms with Crippen LogP contribution in [0.5, 0.6) is 0 Å². The summed E-state index contributed by atoms with van der Waals surface area (Å²) in [6, 6.07) is 11.3. The van der Waals surface area contributed by atoms with Gasteiger partial charge < -0.3 is 9.30 Å². The topological polar surface area (TPSA) is 81.5 Å². The molecule has 0 atom stereocenters. The predicted octanol–water partition coefficient (Wildman–Crippen LogP) is 3.62. The molecule has 0 amide bonds. The van der Waals surface area contributed by atoms with Crippen LogP contribution >= 0.6 is 11.8 Å². The summed E-state index contributed by atoms with van der Waals surface area (Å²) >= 11 is 1.23. The van der Waals surface area contributed by atoms with Crippen LogP contribution in [-0.2, 0) is 14.8 Å². The average molecular weight is 490 g/mol. The second kappa shape index (κ2) is 9.76. The number of ether oxygens (including phenoxy) is 1. The Bertz CT molecular complexity index is 1270. The Hall–Kier alpha value is -2.53. The van der Waals surface area contributed by atoms with Gasteiger partial charge in [0.05, 0.1) is 29.7 Å². The number of sulfonamides is 1. The fourth-order valence-electron chi connectivity index (χ4n) is 3.81. The highest BCUT2D eigenvalue weighted by molar-refractivity contribution is 7.99. The van der Waals surface area contributed by atoms with Gasteiger partial charge in [0.2, 0.25) is 10.0 Å². The Morgan fingerprint density at radius 3 is 2.55 bits per heavy atom. The molecule has 3 aromatic rings. The summed E-state index contributed by atoms with van der Waals surface area (Å²) in [5.74, 6) is -0.337. The van der Waals surface area contributed by atoms with E-state index in [1.165, 1.54) is 34.4 Å². The normalized spacial score (nSPS) is 15.0. The number of hydrogen-bond acceptors (Lipinski definition) is 6. The van der Waals surface area contributed by atoms with Crippen LogP contribution < -0.4 is 0 Å². The maximum Gasteiger partial charge on any atom is 0.244 e. The van der Waals surface area contributed by atoms with Crippen LogP contribution in [0.2, 0.25) is 0 Å². The van der Waals surface area contributed by atoms with Gasteiger partial charge in [-0.15, -0.1) is 0 Å². The van der Waals surface area contributed by atoms with Gasteiger partial charge in [0, 0.05) is 36.2 Å². The molecular weight excluding hydrogens is 465 g/mol. The van der Waals surface area contributed by atoms with Crippen molar-refractivity contribution in [2.75, 3.05) is 32.1 Å². The number of carbonyl (C=O) groups is 1. The zero-order chi connectivity index (χ0) is 23.6. The first-order chi connectivity index (χ1) is 15.8. The number of morpholine rings is 1. The first-order valence-corrected chi connectivity index (χ1v) is 12.9. The number of aryl methyl sites for hydroxylation is 1. The Labute approximate surface area is 196 Å². The van der Waals surface area contributed by atoms with E-state index in [2.05, 4.69) is 4.98 Å². The van der Waals surface area contributed by atoms with Crippen LogP contribution in [0, 0.1) is 19.7 Å². The van der Waals surface area contributed by atoms with E-state index in [0.717, 1.165) is 5.69 Å². The molecule has 0 radical (unpaired) electrons. The molecule has 0 saturated carbocycles. The smallest absolute Gasteiger partial charge is 0.244 e. The highest BCUT2D eigenvalue weighted by Crippen LogP contribution is 2.26. The summed E-state index contributed by atoms with van der Waals surface area (Å²) in [7, 11) is -3.61. The molecule has 174 valence electrons. The van der Waals surface area contributed by atoms with Gasteiger partial charge in [-0.3, -0.25) is 4.79 Å². The van der Waals surface area contributed by atoms with Gasteiger partial charge in [-0.1, -0.05) is 23.9 Å². The van der Waals surface area contributed by atoms with Gasteiger partial charge in [0.1, 0.15) is 10.7 Å². The Morgan fingerprint density at radius 1 is 1.15 bits per heavy atom. The van der Waals surface area contributed by atoms with Gasteiger partial charge in [0.15, 0.2) is 5.78 Å². The summed E-state index contributed by atoms with van der Waals surface area (Å²) in [5.41, 5.74) is 2.36. The van der Waals surface area contributed by atoms with E-state index in [1.807, 2.05) is 6.92 Å². The lowest BCUT2D eigenvalue weighted by molar-refractivity contribution is 0.0730. The standard InChI is InChI=1S/C23H24FN3O4S2/c1-16-13-19(17(2)27(16)21-6-4-3-5-20(21)24)22(28)15-32-23-8-7-18(14-25-23)33(29,30)26-9-11-31-12-10-26/h3-8,13-14H,9-12,15H2,1-2H3. The Kier molecular flexibility index (Phi) is 6.99. The van der Waals surface area contributed by atoms with Gasteiger partial charge in [-0.2, -0.15) is 4.31 Å². The molecule has 0 unspecified atom stereocenters. The van der Waals surface area contributed by atoms with Crippen LogP contribution in [0.15, 0.2) is 58.6 Å². The van der Waals surface area contributed by atoms with Crippen molar-refractivity contribution >= 4 is 27.6 Å². The number of hydrogen-bond donors (Lipinski definition) is 0. The number of para-hydroxylation sites is 1. The third-order valence-corrected chi connectivity index (χ3v) is 8.32. The first kappa shape index (κ1) is 23.6. The van der Waals surface area contributed by atoms with Crippen LogP contribution in [0.4, 0.5) is 4.39 Å². The van der Waals surface area contributed by atoms with E-state index in [1.54, 1.807) is 41.8 Å². The van der Waals surface area contributed by atoms with E-state index >= 15 is 0 Å². The molecule has 0 aliphatic carbocycles. The van der Waals surface area contributed by atoms with Crippen LogP contribution in [0.25, 0.3) is 5.69 Å². The number of nitrogens with zero attached hydrogens (tertiary/aromatic N) is 3. The molecule has 1 saturated heterocycles. The van der Waals surface area contributed by atoms with Gasteiger partial charge in [0.25, 0.3) is 0 Å². The third kappa shape index (κ3) is 4.89. The van der Waals surface area contributed by atoms with Crippen molar-refractivity contribution in [2.45, 2.75) is 23.8 Å². The zero-order valence-electron chi connectivity index (χ0n) is 18.3. The van der Waals surface area contributed by atoms with Crippen molar-refractivity contribution in [1.29, 1.82) is 0 Å². The number of rotatable bonds is 7. The van der Waals surface area contributed by atoms with Crippen molar-refractivity contribution in [2.24, 2.45) is 0 Å². The molecular formula is C23H24FN3O4S2. The zero-order valence-corrected chi connectivity index (χ0v) is 20.0. The monoisotopic (exact) mass is 489 g/mol. The number of halogens is 1. The van der Waals surface area contributed by atoms with Crippen LogP contribution in [-0.4, -0.2) is 60.1 Å². The lowest BCUT2D eigenvalue weighted by Gasteiger charge is -2.25. The molecule has 33 heavy (non-hydrogen) atoms. The fourth-order valence-corrected chi connectivity index (χ4v) is 5.89. The highest BCUT2D eigenvalue weighted by Gasteiger charge is 2.26. The van der Waals surface area contributed by atoms with E-state index in [-0.39, 0.29) is 22.2 Å². The Balaban J connectivity index is 1.45. The molecule has 2 aromatic heterocycles. The quantitative estimate of drug-likeness (QED) is 0.373. The minimum absolute atomic E-state index is 0.109. The molecule has 0 spiro atoms. The second-order valence-electron chi connectivity index (χ2n) is 7.63. The van der Waals surface area contributed by atoms with E-state index in [9.17, 15) is 17.6 Å². The fraction of sp³-hybridized carbons (Fsp3) is 0.304. The molecule has 4 rings (SSSR count). The van der Waals surface area contributed by atoms with Crippen molar-refractivity contribution in [3.8, 4) is 5.69 Å². The van der Waals surface area contributed by atoms with Gasteiger partial charge in [-0.05, 0) is 44.2 Å². The summed E-state index contributed by atoms with van der Waals surface area (Å²) in [6.45, 7) is 5.01. The molecule has 7 nitrogen and oxygen atoms in total. The number of thioether (sulfide) groups is 1. The number of pyridine rings is 1. The second-order valence-corrected chi connectivity index (χ2v) is 10.6. The molecule has 0 N–H and O–H groups in total. The van der Waals surface area contributed by atoms with Crippen molar-refractivity contribution in [3.63, 3.8) is 0 Å². The summed E-state index contributed by atoms with van der Waals surface area (Å²) in [6.07, 6.45) is 1.32. The lowest BCUT2D eigenvalue weighted by atomic mass is 10.2. The van der Waals surface area contributed by atoms with E-state index < -0.39 is 10.0 Å². The molecule has 0 bridgehead atoms. The minimum Gasteiger partial charge on any atom is -0.379 e. The lowest BCUT2D eigenvalue weighted by Crippen LogP contribution is -2.40. The van der Waals surface area contributed by atoms with Gasteiger partial charge in [-0.25, -0.2) is 17.8 Å². The highest BCUT2D eigenvalue weighted by atomic mass is 32.2. The summed E-state index contributed by atoms with van der Waals surface area (Å²) < 4.78 is 48.0. The molecule has 1 aromatic carbocycles. The molecule has 1 aliphatic rings. The summed E-state index contributed by atoms with van der Waals surface area (Å²) in [4.78, 5) is 17.2. The van der Waals surface area contributed by atoms with Crippen molar-refractivity contribution in [1.82, 2.24) is 13.9 Å². The van der Waals surface area contributed by atoms with Crippen molar-refractivity contribution < 1.29 is 22.3 Å². The number of benzene rings is 1. The molecule has 10 heteroatoms. The Morgan fingerprint density at radius 2 is 1.88 bits per heavy atom. The van der Waals surface area contributed by atoms with Crippen LogP contribution in [0.1, 0.15) is 21.7 Å². The maximum absolute atomic E-state index is 14.3. The molecule has 1 aliphatic heterocycles. The molecule has 1 fully saturated rings. The van der Waals surface area contributed by atoms with Crippen LogP contribution in [0.3, 0.4) is 0 Å². The number of Topliss-reactive ketones (excluding diaryl/α,β-unsaturated/α-hetero) is 1. The number of ketones is 1. The first-order valence-electron chi connectivity index (χ1n) is 10.4. The molecule has 3 heterocycles. The van der Waals surface area contributed by atoms with Crippen molar-refractivity contribution in [3.05, 3.63) is 71.4 Å². The predicted molar refractivity (Wildman–Crippen MR) is 124 cm³/mol. The average Bonchev–Trinajstić information content (AvgIpc) is 3.12. The summed E-state index contributed by atoms with van der Waals surface area (Å²) in [5, 5.41) is 0.548. The minimum atomic E-state index is -3.61. The maximum atomic E-state index is 14.3. The number of carbonyl (C=O) groups excluding carboxylic acids is 1.